The van der Waals surface area contributed by atoms with Crippen LogP contribution in [0.2, 0.25) is 0 Å². The van der Waals surface area contributed by atoms with Gasteiger partial charge in [0.15, 0.2) is 6.29 Å². The van der Waals surface area contributed by atoms with Gasteiger partial charge >= 0.3 is 6.09 Å². The van der Waals surface area contributed by atoms with E-state index in [1.54, 1.807) is 27.8 Å². The second kappa shape index (κ2) is 7.93. The fourth-order valence-corrected chi connectivity index (χ4v) is 4.62. The van der Waals surface area contributed by atoms with Crippen molar-refractivity contribution in [3.05, 3.63) is 6.20 Å². The minimum atomic E-state index is -3.86. The molecule has 11 nitrogen and oxygen atoms in total. The molecule has 0 aromatic carbocycles. The number of sulfonamides is 1. The van der Waals surface area contributed by atoms with Crippen LogP contribution in [0.25, 0.3) is 0 Å². The second-order valence-electron chi connectivity index (χ2n) is 7.93. The molecule has 0 unspecified atom stereocenters. The van der Waals surface area contributed by atoms with E-state index in [1.807, 2.05) is 0 Å². The topological polar surface area (TPSA) is 125 Å². The Morgan fingerprint density at radius 1 is 1.29 bits per heavy atom. The first-order valence-corrected chi connectivity index (χ1v) is 10.6. The molecule has 1 N–H and O–H groups in total. The summed E-state index contributed by atoms with van der Waals surface area (Å²) < 4.78 is 45.1. The van der Waals surface area contributed by atoms with Crippen molar-refractivity contribution in [2.75, 3.05) is 26.3 Å². The van der Waals surface area contributed by atoms with Crippen molar-refractivity contribution in [2.24, 2.45) is 13.0 Å². The Balaban J connectivity index is 1.78. The molecule has 2 atom stereocenters. The van der Waals surface area contributed by atoms with E-state index in [1.165, 1.54) is 15.2 Å². The summed E-state index contributed by atoms with van der Waals surface area (Å²) in [6.07, 6.45) is 0.898. The first kappa shape index (κ1) is 21.0. The molecule has 3 rings (SSSR count). The van der Waals surface area contributed by atoms with Gasteiger partial charge in [0.1, 0.15) is 5.60 Å². The van der Waals surface area contributed by atoms with Crippen LogP contribution >= 0.6 is 0 Å². The summed E-state index contributed by atoms with van der Waals surface area (Å²) in [5.41, 5.74) is -0.665. The lowest BCUT2D eigenvalue weighted by Crippen LogP contribution is -2.48. The van der Waals surface area contributed by atoms with Crippen molar-refractivity contribution in [3.8, 4) is 0 Å². The number of rotatable bonds is 4. The Hall–Kier alpha value is -1.76. The standard InChI is InChI=1S/C16H27N5O6S/c1-16(2,3)27-15(22)17-12-9-21(8-11(12)14-25-6-5-7-26-14)28(23,24)13-10-20(4)19-18-13/h10-12,14H,5-9H2,1-4H3,(H,17,22)/t11-,12+/m1/s1. The number of carbonyl (C=O) groups is 1. The molecular formula is C16H27N5O6S. The van der Waals surface area contributed by atoms with E-state index in [9.17, 15) is 13.2 Å². The summed E-state index contributed by atoms with van der Waals surface area (Å²) >= 11 is 0. The van der Waals surface area contributed by atoms with Gasteiger partial charge in [-0.2, -0.15) is 4.31 Å². The first-order valence-electron chi connectivity index (χ1n) is 9.15. The number of carbonyl (C=O) groups excluding carboxylic acids is 1. The predicted octanol–water partition coefficient (Wildman–Crippen LogP) is 0.0919. The van der Waals surface area contributed by atoms with Crippen molar-refractivity contribution in [1.29, 1.82) is 0 Å². The zero-order valence-corrected chi connectivity index (χ0v) is 17.3. The maximum Gasteiger partial charge on any atom is 0.407 e. The molecule has 1 aromatic rings. The number of aryl methyl sites for hydroxylation is 1. The number of ether oxygens (including phenoxy) is 3. The molecule has 12 heteroatoms. The average Bonchev–Trinajstić information content (AvgIpc) is 3.21. The van der Waals surface area contributed by atoms with Gasteiger partial charge in [0.05, 0.1) is 25.5 Å². The van der Waals surface area contributed by atoms with Crippen LogP contribution in [0.3, 0.4) is 0 Å². The Morgan fingerprint density at radius 2 is 1.96 bits per heavy atom. The lowest BCUT2D eigenvalue weighted by Gasteiger charge is -2.31. The van der Waals surface area contributed by atoms with Gasteiger partial charge in [0.2, 0.25) is 5.03 Å². The molecule has 2 aliphatic heterocycles. The van der Waals surface area contributed by atoms with Gasteiger partial charge in [-0.15, -0.1) is 5.10 Å². The summed E-state index contributed by atoms with van der Waals surface area (Å²) in [5, 5.41) is 10.0. The molecule has 0 aliphatic carbocycles. The summed E-state index contributed by atoms with van der Waals surface area (Å²) in [7, 11) is -2.26. The summed E-state index contributed by atoms with van der Waals surface area (Å²) in [6, 6.07) is -0.524. The van der Waals surface area contributed by atoms with E-state index in [0.29, 0.717) is 13.2 Å². The monoisotopic (exact) mass is 417 g/mol. The summed E-state index contributed by atoms with van der Waals surface area (Å²) in [6.45, 7) is 6.52. The Bertz CT molecular complexity index is 799. The maximum atomic E-state index is 12.9. The van der Waals surface area contributed by atoms with Gasteiger partial charge in [-0.05, 0) is 27.2 Å². The highest BCUT2D eigenvalue weighted by atomic mass is 32.2. The predicted molar refractivity (Wildman–Crippen MR) is 96.7 cm³/mol. The minimum Gasteiger partial charge on any atom is -0.444 e. The van der Waals surface area contributed by atoms with Crippen LogP contribution in [0.15, 0.2) is 11.2 Å². The molecule has 1 aromatic heterocycles. The maximum absolute atomic E-state index is 12.9. The van der Waals surface area contributed by atoms with Crippen molar-refractivity contribution in [1.82, 2.24) is 24.6 Å². The fraction of sp³-hybridized carbons (Fsp3) is 0.812. The molecular weight excluding hydrogens is 390 g/mol. The van der Waals surface area contributed by atoms with E-state index in [-0.39, 0.29) is 24.0 Å². The molecule has 0 bridgehead atoms. The van der Waals surface area contributed by atoms with Gasteiger partial charge in [0, 0.05) is 26.1 Å². The molecule has 0 spiro atoms. The molecule has 2 saturated heterocycles. The number of hydrogen-bond donors (Lipinski definition) is 1. The normalized spacial score (nSPS) is 25.0. The van der Waals surface area contributed by atoms with Crippen LogP contribution in [0.1, 0.15) is 27.2 Å². The highest BCUT2D eigenvalue weighted by Gasteiger charge is 2.46. The van der Waals surface area contributed by atoms with Crippen LogP contribution in [0, 0.1) is 5.92 Å². The van der Waals surface area contributed by atoms with E-state index in [2.05, 4.69) is 15.6 Å². The van der Waals surface area contributed by atoms with Gasteiger partial charge < -0.3 is 19.5 Å². The van der Waals surface area contributed by atoms with Gasteiger partial charge in [0.25, 0.3) is 10.0 Å². The molecule has 158 valence electrons. The third-order valence-corrected chi connectivity index (χ3v) is 6.12. The van der Waals surface area contributed by atoms with Crippen LogP contribution in [-0.2, 0) is 31.3 Å². The zero-order chi connectivity index (χ0) is 20.5. The number of alkyl carbamates (subject to hydrolysis) is 1. The van der Waals surface area contributed by atoms with Crippen LogP contribution < -0.4 is 5.32 Å². The molecule has 1 amide bonds. The van der Waals surface area contributed by atoms with Crippen molar-refractivity contribution < 1.29 is 27.4 Å². The Morgan fingerprint density at radius 3 is 2.54 bits per heavy atom. The largest absolute Gasteiger partial charge is 0.444 e. The summed E-state index contributed by atoms with van der Waals surface area (Å²) in [5.74, 6) is -0.376. The minimum absolute atomic E-state index is 0.0615. The van der Waals surface area contributed by atoms with E-state index >= 15 is 0 Å². The smallest absolute Gasteiger partial charge is 0.407 e. The number of nitrogens with zero attached hydrogens (tertiary/aromatic N) is 4. The molecule has 3 heterocycles. The van der Waals surface area contributed by atoms with Crippen molar-refractivity contribution in [2.45, 2.75) is 50.2 Å². The Labute approximate surface area is 164 Å². The second-order valence-corrected chi connectivity index (χ2v) is 9.82. The number of amides is 1. The molecule has 2 fully saturated rings. The van der Waals surface area contributed by atoms with Crippen molar-refractivity contribution >= 4 is 16.1 Å². The Kier molecular flexibility index (Phi) is 5.94. The average molecular weight is 417 g/mol. The van der Waals surface area contributed by atoms with E-state index < -0.39 is 34.0 Å². The molecule has 28 heavy (non-hydrogen) atoms. The van der Waals surface area contributed by atoms with Gasteiger partial charge in [-0.1, -0.05) is 5.21 Å². The summed E-state index contributed by atoms with van der Waals surface area (Å²) in [4.78, 5) is 12.3. The van der Waals surface area contributed by atoms with Crippen LogP contribution in [-0.4, -0.2) is 78.0 Å². The SMILES string of the molecule is Cn1cc(S(=O)(=O)N2C[C@H](NC(=O)OC(C)(C)C)[C@H](C3OCCCO3)C2)nn1. The number of aromatic nitrogens is 3. The molecule has 0 saturated carbocycles. The fourth-order valence-electron chi connectivity index (χ4n) is 3.21. The zero-order valence-electron chi connectivity index (χ0n) is 16.5. The van der Waals surface area contributed by atoms with Crippen LogP contribution in [0.4, 0.5) is 4.79 Å². The van der Waals surface area contributed by atoms with Gasteiger partial charge in [-0.3, -0.25) is 4.68 Å². The number of hydrogen-bond acceptors (Lipinski definition) is 8. The highest BCUT2D eigenvalue weighted by Crippen LogP contribution is 2.29. The van der Waals surface area contributed by atoms with Crippen LogP contribution in [0.5, 0.6) is 0 Å². The lowest BCUT2D eigenvalue weighted by molar-refractivity contribution is -0.204. The quantitative estimate of drug-likeness (QED) is 0.731. The molecule has 0 radical (unpaired) electrons. The molecule has 2 aliphatic rings. The van der Waals surface area contributed by atoms with Gasteiger partial charge in [-0.25, -0.2) is 13.2 Å². The third kappa shape index (κ3) is 4.80. The van der Waals surface area contributed by atoms with E-state index in [0.717, 1.165) is 6.42 Å². The third-order valence-electron chi connectivity index (χ3n) is 4.42. The number of nitrogens with one attached hydrogen (secondary N) is 1. The van der Waals surface area contributed by atoms with Crippen molar-refractivity contribution in [3.63, 3.8) is 0 Å². The van der Waals surface area contributed by atoms with E-state index in [4.69, 9.17) is 14.2 Å². The lowest BCUT2D eigenvalue weighted by atomic mass is 10.0. The highest BCUT2D eigenvalue weighted by molar-refractivity contribution is 7.89. The first-order chi connectivity index (χ1) is 13.1.